The molecule has 0 bridgehead atoms. The van der Waals surface area contributed by atoms with Crippen molar-refractivity contribution in [2.75, 3.05) is 24.3 Å². The minimum atomic E-state index is -0.0884. The highest BCUT2D eigenvalue weighted by molar-refractivity contribution is 9.10. The molecule has 3 nitrogen and oxygen atoms in total. The number of nitrogens with one attached hydrogen (secondary N) is 1. The monoisotopic (exact) mass is 346 g/mol. The van der Waals surface area contributed by atoms with Crippen molar-refractivity contribution < 1.29 is 4.79 Å². The average Bonchev–Trinajstić information content (AvgIpc) is 2.43. The molecular weight excluding hydrogens is 328 g/mol. The number of carbonyl (C=O) groups is 1. The molecule has 110 valence electrons. The lowest BCUT2D eigenvalue weighted by atomic mass is 10.1. The van der Waals surface area contributed by atoms with E-state index in [1.807, 2.05) is 63.2 Å². The summed E-state index contributed by atoms with van der Waals surface area (Å²) in [4.78, 5) is 14.5. The average molecular weight is 347 g/mol. The second-order valence-corrected chi connectivity index (χ2v) is 6.11. The van der Waals surface area contributed by atoms with Crippen LogP contribution < -0.4 is 10.2 Å². The fourth-order valence-electron chi connectivity index (χ4n) is 2.11. The van der Waals surface area contributed by atoms with Gasteiger partial charge >= 0.3 is 0 Å². The molecule has 2 aromatic carbocycles. The van der Waals surface area contributed by atoms with Gasteiger partial charge in [-0.3, -0.25) is 4.79 Å². The topological polar surface area (TPSA) is 32.3 Å². The van der Waals surface area contributed by atoms with E-state index in [9.17, 15) is 4.79 Å². The van der Waals surface area contributed by atoms with Crippen LogP contribution in [0.25, 0.3) is 0 Å². The summed E-state index contributed by atoms with van der Waals surface area (Å²) in [6.07, 6.45) is 0. The van der Waals surface area contributed by atoms with Crippen LogP contribution in [-0.4, -0.2) is 20.0 Å². The van der Waals surface area contributed by atoms with E-state index in [4.69, 9.17) is 0 Å². The van der Waals surface area contributed by atoms with Crippen LogP contribution in [0.4, 0.5) is 11.4 Å². The van der Waals surface area contributed by atoms with Gasteiger partial charge in [-0.05, 0) is 55.3 Å². The molecular formula is C17H19BrN2O. The molecule has 1 amide bonds. The van der Waals surface area contributed by atoms with Crippen LogP contribution in [-0.2, 0) is 0 Å². The van der Waals surface area contributed by atoms with Crippen molar-refractivity contribution in [2.24, 2.45) is 0 Å². The van der Waals surface area contributed by atoms with E-state index in [1.54, 1.807) is 0 Å². The summed E-state index contributed by atoms with van der Waals surface area (Å²) in [5, 5.41) is 2.98. The van der Waals surface area contributed by atoms with Crippen molar-refractivity contribution in [1.82, 2.24) is 0 Å². The lowest BCUT2D eigenvalue weighted by molar-refractivity contribution is 0.102. The Morgan fingerprint density at radius 2 is 1.86 bits per heavy atom. The maximum Gasteiger partial charge on any atom is 0.255 e. The molecule has 4 heteroatoms. The van der Waals surface area contributed by atoms with Crippen molar-refractivity contribution in [2.45, 2.75) is 13.8 Å². The van der Waals surface area contributed by atoms with Crippen LogP contribution in [0.15, 0.2) is 40.9 Å². The van der Waals surface area contributed by atoms with Gasteiger partial charge < -0.3 is 10.2 Å². The molecule has 0 fully saturated rings. The van der Waals surface area contributed by atoms with Crippen LogP contribution in [0.3, 0.4) is 0 Å². The van der Waals surface area contributed by atoms with Gasteiger partial charge in [0.05, 0.1) is 0 Å². The van der Waals surface area contributed by atoms with Gasteiger partial charge in [-0.1, -0.05) is 22.0 Å². The standard InChI is InChI=1S/C17H19BrN2O/c1-11-10-13(20(3)4)8-9-16(11)19-17(21)14-6-5-7-15(18)12(14)2/h5-10H,1-4H3,(H,19,21). The first-order valence-electron chi connectivity index (χ1n) is 6.74. The van der Waals surface area contributed by atoms with Crippen LogP contribution in [0.2, 0.25) is 0 Å². The highest BCUT2D eigenvalue weighted by atomic mass is 79.9. The largest absolute Gasteiger partial charge is 0.378 e. The van der Waals surface area contributed by atoms with Crippen molar-refractivity contribution in [3.8, 4) is 0 Å². The minimum Gasteiger partial charge on any atom is -0.378 e. The highest BCUT2D eigenvalue weighted by Gasteiger charge is 2.12. The third-order valence-corrected chi connectivity index (χ3v) is 4.35. The quantitative estimate of drug-likeness (QED) is 0.893. The van der Waals surface area contributed by atoms with Gasteiger partial charge in [0.25, 0.3) is 5.91 Å². The van der Waals surface area contributed by atoms with Gasteiger partial charge in [0, 0.05) is 35.5 Å². The normalized spacial score (nSPS) is 10.3. The zero-order chi connectivity index (χ0) is 15.6. The summed E-state index contributed by atoms with van der Waals surface area (Å²) in [7, 11) is 4.00. The zero-order valence-corrected chi connectivity index (χ0v) is 14.3. The van der Waals surface area contributed by atoms with E-state index in [2.05, 4.69) is 27.3 Å². The van der Waals surface area contributed by atoms with Crippen molar-refractivity contribution >= 4 is 33.2 Å². The van der Waals surface area contributed by atoms with Gasteiger partial charge in [-0.25, -0.2) is 0 Å². The maximum absolute atomic E-state index is 12.4. The Morgan fingerprint density at radius 3 is 2.48 bits per heavy atom. The number of rotatable bonds is 3. The highest BCUT2D eigenvalue weighted by Crippen LogP contribution is 2.24. The summed E-state index contributed by atoms with van der Waals surface area (Å²) >= 11 is 3.45. The third-order valence-electron chi connectivity index (χ3n) is 3.49. The smallest absolute Gasteiger partial charge is 0.255 e. The molecule has 0 aromatic heterocycles. The summed E-state index contributed by atoms with van der Waals surface area (Å²) in [5.74, 6) is -0.0884. The van der Waals surface area contributed by atoms with Gasteiger partial charge in [0.15, 0.2) is 0 Å². The Morgan fingerprint density at radius 1 is 1.14 bits per heavy atom. The molecule has 0 atom stereocenters. The number of benzene rings is 2. The molecule has 0 radical (unpaired) electrons. The first-order valence-corrected chi connectivity index (χ1v) is 7.54. The molecule has 0 aliphatic heterocycles. The Kier molecular flexibility index (Phi) is 4.68. The number of amides is 1. The van der Waals surface area contributed by atoms with Crippen molar-refractivity contribution in [3.63, 3.8) is 0 Å². The molecule has 0 aliphatic carbocycles. The first kappa shape index (κ1) is 15.6. The Hall–Kier alpha value is -1.81. The van der Waals surface area contributed by atoms with E-state index in [0.717, 1.165) is 27.0 Å². The molecule has 0 spiro atoms. The van der Waals surface area contributed by atoms with Crippen LogP contribution in [0.5, 0.6) is 0 Å². The number of anilines is 2. The number of aryl methyl sites for hydroxylation is 1. The summed E-state index contributed by atoms with van der Waals surface area (Å²) < 4.78 is 0.940. The Labute approximate surface area is 134 Å². The van der Waals surface area contributed by atoms with Crippen molar-refractivity contribution in [3.05, 3.63) is 57.6 Å². The summed E-state index contributed by atoms with van der Waals surface area (Å²) in [6, 6.07) is 11.6. The molecule has 2 aromatic rings. The predicted octanol–water partition coefficient (Wildman–Crippen LogP) is 4.38. The number of nitrogens with zero attached hydrogens (tertiary/aromatic N) is 1. The maximum atomic E-state index is 12.4. The van der Waals surface area contributed by atoms with Crippen LogP contribution >= 0.6 is 15.9 Å². The van der Waals surface area contributed by atoms with Gasteiger partial charge in [-0.2, -0.15) is 0 Å². The van der Waals surface area contributed by atoms with E-state index in [0.29, 0.717) is 5.56 Å². The Balaban J connectivity index is 2.26. The molecule has 0 heterocycles. The van der Waals surface area contributed by atoms with Gasteiger partial charge in [0.2, 0.25) is 0 Å². The fourth-order valence-corrected chi connectivity index (χ4v) is 2.48. The van der Waals surface area contributed by atoms with E-state index < -0.39 is 0 Å². The lowest BCUT2D eigenvalue weighted by Gasteiger charge is -2.16. The van der Waals surface area contributed by atoms with Crippen LogP contribution in [0, 0.1) is 13.8 Å². The molecule has 1 N–H and O–H groups in total. The summed E-state index contributed by atoms with van der Waals surface area (Å²) in [5.41, 5.74) is 4.62. The number of hydrogen-bond acceptors (Lipinski definition) is 2. The lowest BCUT2D eigenvalue weighted by Crippen LogP contribution is -2.15. The number of hydrogen-bond donors (Lipinski definition) is 1. The number of halogens is 1. The molecule has 2 rings (SSSR count). The molecule has 0 unspecified atom stereocenters. The third kappa shape index (κ3) is 3.45. The van der Waals surface area contributed by atoms with Gasteiger partial charge in [0.1, 0.15) is 0 Å². The summed E-state index contributed by atoms with van der Waals surface area (Å²) in [6.45, 7) is 3.93. The van der Waals surface area contributed by atoms with E-state index in [1.165, 1.54) is 0 Å². The van der Waals surface area contributed by atoms with Crippen molar-refractivity contribution in [1.29, 1.82) is 0 Å². The predicted molar refractivity (Wildman–Crippen MR) is 92.3 cm³/mol. The van der Waals surface area contributed by atoms with Gasteiger partial charge in [-0.15, -0.1) is 0 Å². The fraction of sp³-hybridized carbons (Fsp3) is 0.235. The van der Waals surface area contributed by atoms with E-state index in [-0.39, 0.29) is 5.91 Å². The zero-order valence-electron chi connectivity index (χ0n) is 12.7. The van der Waals surface area contributed by atoms with Crippen LogP contribution in [0.1, 0.15) is 21.5 Å². The Bertz CT molecular complexity index is 680. The molecule has 0 saturated heterocycles. The molecule has 0 saturated carbocycles. The second kappa shape index (κ2) is 6.31. The minimum absolute atomic E-state index is 0.0884. The second-order valence-electron chi connectivity index (χ2n) is 5.26. The SMILES string of the molecule is Cc1cc(N(C)C)ccc1NC(=O)c1cccc(Br)c1C. The molecule has 21 heavy (non-hydrogen) atoms. The molecule has 0 aliphatic rings. The number of carbonyl (C=O) groups excluding carboxylic acids is 1. The first-order chi connectivity index (χ1) is 9.90. The van der Waals surface area contributed by atoms with E-state index >= 15 is 0 Å².